The maximum Gasteiger partial charge on any atom is 0.0960 e. The first-order valence-corrected chi connectivity index (χ1v) is 4.48. The van der Waals surface area contributed by atoms with E-state index in [0.29, 0.717) is 0 Å². The van der Waals surface area contributed by atoms with Crippen molar-refractivity contribution in [3.05, 3.63) is 41.5 Å². The van der Waals surface area contributed by atoms with E-state index in [-0.39, 0.29) is 12.6 Å². The molecule has 1 aromatic rings. The highest BCUT2D eigenvalue weighted by atomic mass is 19.1. The van der Waals surface area contributed by atoms with Crippen LogP contribution >= 0.6 is 0 Å². The van der Waals surface area contributed by atoms with Gasteiger partial charge in [-0.25, -0.2) is 0 Å². The Balaban J connectivity index is 3.15. The Kier molecular flexibility index (Phi) is 3.24. The molecule has 1 rings (SSSR count). The molecule has 0 bridgehead atoms. The van der Waals surface area contributed by atoms with Gasteiger partial charge in [-0.05, 0) is 23.6 Å². The van der Waals surface area contributed by atoms with Crippen LogP contribution in [-0.2, 0) is 0 Å². The maximum atomic E-state index is 12.5. The number of hydrogen-bond donors (Lipinski definition) is 0. The number of alkyl halides is 1. The van der Waals surface area contributed by atoms with E-state index in [1.165, 1.54) is 0 Å². The lowest BCUT2D eigenvalue weighted by Crippen LogP contribution is -1.99. The number of rotatable bonds is 3. The van der Waals surface area contributed by atoms with Gasteiger partial charge in [-0.15, -0.1) is 0 Å². The fraction of sp³-hybridized carbons (Fsp3) is 0.333. The van der Waals surface area contributed by atoms with E-state index in [9.17, 15) is 4.39 Å². The van der Waals surface area contributed by atoms with E-state index < -0.39 is 0 Å². The minimum atomic E-state index is -0.304. The number of benzene rings is 1. The average molecular weight is 178 g/mol. The summed E-state index contributed by atoms with van der Waals surface area (Å²) in [4.78, 5) is 0. The molecule has 0 aliphatic carbocycles. The zero-order chi connectivity index (χ0) is 9.84. The molecule has 1 unspecified atom stereocenters. The summed E-state index contributed by atoms with van der Waals surface area (Å²) in [6.45, 7) is 7.33. The normalized spacial score (nSPS) is 12.5. The molecule has 0 radical (unpaired) electrons. The Morgan fingerprint density at radius 2 is 2.23 bits per heavy atom. The van der Waals surface area contributed by atoms with E-state index in [1.54, 1.807) is 0 Å². The molecule has 70 valence electrons. The van der Waals surface area contributed by atoms with Crippen molar-refractivity contribution in [1.29, 1.82) is 0 Å². The molecule has 13 heavy (non-hydrogen) atoms. The lowest BCUT2D eigenvalue weighted by atomic mass is 9.94. The van der Waals surface area contributed by atoms with Crippen molar-refractivity contribution in [2.45, 2.75) is 19.8 Å². The van der Waals surface area contributed by atoms with E-state index in [2.05, 4.69) is 6.58 Å². The van der Waals surface area contributed by atoms with Crippen molar-refractivity contribution in [3.8, 4) is 0 Å². The van der Waals surface area contributed by atoms with Gasteiger partial charge in [0.15, 0.2) is 0 Å². The van der Waals surface area contributed by atoms with Gasteiger partial charge in [-0.2, -0.15) is 0 Å². The number of hydrogen-bond acceptors (Lipinski definition) is 0. The van der Waals surface area contributed by atoms with E-state index in [0.717, 1.165) is 16.7 Å². The van der Waals surface area contributed by atoms with Crippen molar-refractivity contribution in [2.24, 2.45) is 0 Å². The third-order valence-electron chi connectivity index (χ3n) is 2.40. The van der Waals surface area contributed by atoms with Gasteiger partial charge >= 0.3 is 0 Å². The van der Waals surface area contributed by atoms with Crippen molar-refractivity contribution in [2.75, 3.05) is 6.67 Å². The molecule has 0 aliphatic rings. The van der Waals surface area contributed by atoms with Crippen LogP contribution in [0.5, 0.6) is 0 Å². The van der Waals surface area contributed by atoms with Crippen LogP contribution in [-0.4, -0.2) is 6.67 Å². The molecular formula is C12H15F. The van der Waals surface area contributed by atoms with Crippen LogP contribution in [0.15, 0.2) is 24.8 Å². The Labute approximate surface area is 79.1 Å². The molecule has 0 N–H and O–H groups in total. The number of halogens is 1. The molecule has 0 amide bonds. The molecule has 1 heteroatoms. The van der Waals surface area contributed by atoms with Crippen molar-refractivity contribution in [3.63, 3.8) is 0 Å². The first kappa shape index (κ1) is 9.97. The molecule has 0 nitrogen and oxygen atoms in total. The van der Waals surface area contributed by atoms with Gasteiger partial charge in [0, 0.05) is 5.92 Å². The Bertz CT molecular complexity index is 302. The quantitative estimate of drug-likeness (QED) is 0.661. The zero-order valence-electron chi connectivity index (χ0n) is 8.18. The average Bonchev–Trinajstić information content (AvgIpc) is 2.17. The summed E-state index contributed by atoms with van der Waals surface area (Å²) < 4.78 is 12.5. The van der Waals surface area contributed by atoms with Gasteiger partial charge in [0.2, 0.25) is 0 Å². The third kappa shape index (κ3) is 1.97. The summed E-state index contributed by atoms with van der Waals surface area (Å²) in [6.07, 6.45) is 1.81. The molecule has 0 spiro atoms. The van der Waals surface area contributed by atoms with Gasteiger partial charge in [0.25, 0.3) is 0 Å². The highest BCUT2D eigenvalue weighted by molar-refractivity contribution is 5.54. The summed E-state index contributed by atoms with van der Waals surface area (Å²) in [7, 11) is 0. The van der Waals surface area contributed by atoms with E-state index >= 15 is 0 Å². The van der Waals surface area contributed by atoms with Gasteiger partial charge in [-0.1, -0.05) is 37.8 Å². The smallest absolute Gasteiger partial charge is 0.0960 e. The predicted molar refractivity (Wildman–Crippen MR) is 55.7 cm³/mol. The fourth-order valence-electron chi connectivity index (χ4n) is 1.51. The monoisotopic (exact) mass is 178 g/mol. The Hall–Kier alpha value is -1.11. The van der Waals surface area contributed by atoms with Gasteiger partial charge < -0.3 is 0 Å². The minimum Gasteiger partial charge on any atom is -0.250 e. The van der Waals surface area contributed by atoms with Crippen molar-refractivity contribution < 1.29 is 4.39 Å². The first-order chi connectivity index (χ1) is 6.20. The second kappa shape index (κ2) is 4.22. The van der Waals surface area contributed by atoms with Crippen LogP contribution in [0, 0.1) is 6.92 Å². The van der Waals surface area contributed by atoms with Gasteiger partial charge in [0.1, 0.15) is 0 Å². The van der Waals surface area contributed by atoms with Crippen LogP contribution in [0.25, 0.3) is 6.08 Å². The van der Waals surface area contributed by atoms with Gasteiger partial charge in [-0.3, -0.25) is 4.39 Å². The lowest BCUT2D eigenvalue weighted by molar-refractivity contribution is 0.446. The summed E-state index contributed by atoms with van der Waals surface area (Å²) in [5.41, 5.74) is 3.32. The molecule has 0 saturated heterocycles. The highest BCUT2D eigenvalue weighted by Crippen LogP contribution is 2.23. The molecule has 1 aromatic carbocycles. The summed E-state index contributed by atoms with van der Waals surface area (Å²) in [5.74, 6) is -0.0140. The Morgan fingerprint density at radius 3 is 2.77 bits per heavy atom. The molecular weight excluding hydrogens is 163 g/mol. The van der Waals surface area contributed by atoms with Crippen LogP contribution in [0.4, 0.5) is 4.39 Å². The topological polar surface area (TPSA) is 0 Å². The van der Waals surface area contributed by atoms with E-state index in [4.69, 9.17) is 0 Å². The lowest BCUT2D eigenvalue weighted by Gasteiger charge is -2.12. The molecule has 1 atom stereocenters. The van der Waals surface area contributed by atoms with Gasteiger partial charge in [0.05, 0.1) is 6.67 Å². The standard InChI is InChI=1S/C12H15F/c1-4-11-6-5-7-12(10(11)3)9(2)8-13/h4-7,9H,1,8H2,2-3H3. The predicted octanol–water partition coefficient (Wildman–Crippen LogP) is 3.71. The SMILES string of the molecule is C=Cc1cccc(C(C)CF)c1C. The third-order valence-corrected chi connectivity index (χ3v) is 2.40. The highest BCUT2D eigenvalue weighted by Gasteiger charge is 2.08. The van der Waals surface area contributed by atoms with Crippen molar-refractivity contribution >= 4 is 6.08 Å². The summed E-state index contributed by atoms with van der Waals surface area (Å²) >= 11 is 0. The molecule has 0 saturated carbocycles. The molecule has 0 fully saturated rings. The summed E-state index contributed by atoms with van der Waals surface area (Å²) in [6, 6.07) is 5.93. The molecule has 0 aliphatic heterocycles. The van der Waals surface area contributed by atoms with Crippen molar-refractivity contribution in [1.82, 2.24) is 0 Å². The van der Waals surface area contributed by atoms with Crippen LogP contribution in [0.1, 0.15) is 29.5 Å². The van der Waals surface area contributed by atoms with Crippen LogP contribution < -0.4 is 0 Å². The Morgan fingerprint density at radius 1 is 1.54 bits per heavy atom. The molecule has 0 heterocycles. The van der Waals surface area contributed by atoms with Crippen LogP contribution in [0.2, 0.25) is 0 Å². The largest absolute Gasteiger partial charge is 0.250 e. The fourth-order valence-corrected chi connectivity index (χ4v) is 1.51. The maximum absolute atomic E-state index is 12.5. The second-order valence-corrected chi connectivity index (χ2v) is 3.32. The summed E-state index contributed by atoms with van der Waals surface area (Å²) in [5, 5.41) is 0. The second-order valence-electron chi connectivity index (χ2n) is 3.32. The first-order valence-electron chi connectivity index (χ1n) is 4.48. The zero-order valence-corrected chi connectivity index (χ0v) is 8.18. The minimum absolute atomic E-state index is 0.0140. The van der Waals surface area contributed by atoms with E-state index in [1.807, 2.05) is 38.1 Å². The van der Waals surface area contributed by atoms with Crippen LogP contribution in [0.3, 0.4) is 0 Å². The molecule has 0 aromatic heterocycles.